The van der Waals surface area contributed by atoms with Gasteiger partial charge < -0.3 is 10.5 Å². The highest BCUT2D eigenvalue weighted by molar-refractivity contribution is 7.89. The van der Waals surface area contributed by atoms with E-state index in [2.05, 4.69) is 10.0 Å². The summed E-state index contributed by atoms with van der Waals surface area (Å²) < 4.78 is 27.5. The summed E-state index contributed by atoms with van der Waals surface area (Å²) in [6.07, 6.45) is 2.57. The van der Waals surface area contributed by atoms with Gasteiger partial charge in [0, 0.05) is 18.2 Å². The third-order valence-corrected chi connectivity index (χ3v) is 5.19. The molecule has 3 rings (SSSR count). The monoisotopic (exact) mass is 383 g/mol. The number of aromatic nitrogens is 1. The Bertz CT molecular complexity index is 1040. The third-order valence-electron chi connectivity index (χ3n) is 3.77. The van der Waals surface area contributed by atoms with Crippen LogP contribution in [0.5, 0.6) is 0 Å². The van der Waals surface area contributed by atoms with E-state index in [0.717, 1.165) is 0 Å². The Morgan fingerprint density at radius 1 is 0.963 bits per heavy atom. The number of hydrogen-bond donors (Lipinski definition) is 2. The normalized spacial score (nSPS) is 11.1. The predicted molar refractivity (Wildman–Crippen MR) is 100 cm³/mol. The fourth-order valence-corrected chi connectivity index (χ4v) is 3.41. The summed E-state index contributed by atoms with van der Waals surface area (Å²) in [5, 5.41) is 13.8. The van der Waals surface area contributed by atoms with E-state index in [4.69, 9.17) is 0 Å². The van der Waals surface area contributed by atoms with Gasteiger partial charge in [-0.3, -0.25) is 4.79 Å². The molecule has 0 bridgehead atoms. The highest BCUT2D eigenvalue weighted by Crippen LogP contribution is 2.11. The molecule has 1 heterocycles. The largest absolute Gasteiger partial charge is 0.619 e. The van der Waals surface area contributed by atoms with Crippen LogP contribution in [0, 0.1) is 5.21 Å². The Kier molecular flexibility index (Phi) is 5.49. The Morgan fingerprint density at radius 2 is 1.67 bits per heavy atom. The number of benzene rings is 2. The second kappa shape index (κ2) is 7.98. The molecular formula is C19H17N3O4S. The maximum Gasteiger partial charge on any atom is 0.255 e. The van der Waals surface area contributed by atoms with Crippen LogP contribution >= 0.6 is 0 Å². The lowest BCUT2D eigenvalue weighted by Gasteiger charge is -2.08. The van der Waals surface area contributed by atoms with Crippen molar-refractivity contribution < 1.29 is 17.9 Å². The van der Waals surface area contributed by atoms with Crippen LogP contribution in [0.4, 0.5) is 5.69 Å². The molecule has 0 spiro atoms. The Morgan fingerprint density at radius 3 is 2.33 bits per heavy atom. The molecule has 3 aromatic rings. The maximum atomic E-state index is 12.2. The van der Waals surface area contributed by atoms with Gasteiger partial charge in [0.1, 0.15) is 5.69 Å². The number of sulfonamides is 1. The molecule has 0 atom stereocenters. The molecule has 1 amide bonds. The molecule has 0 saturated carbocycles. The highest BCUT2D eigenvalue weighted by atomic mass is 32.2. The molecule has 138 valence electrons. The number of hydrogen-bond acceptors (Lipinski definition) is 4. The number of anilines is 1. The van der Waals surface area contributed by atoms with Crippen molar-refractivity contribution in [2.24, 2.45) is 0 Å². The summed E-state index contributed by atoms with van der Waals surface area (Å²) in [5.41, 5.74) is 1.49. The van der Waals surface area contributed by atoms with Crippen LogP contribution in [0.15, 0.2) is 84.0 Å². The number of nitrogens with one attached hydrogen (secondary N) is 2. The molecule has 0 aliphatic heterocycles. The maximum absolute atomic E-state index is 12.2. The number of amides is 1. The topological polar surface area (TPSA) is 102 Å². The van der Waals surface area contributed by atoms with Crippen molar-refractivity contribution in [2.75, 3.05) is 5.32 Å². The number of pyridine rings is 1. The van der Waals surface area contributed by atoms with Gasteiger partial charge in [0.05, 0.1) is 4.90 Å². The van der Waals surface area contributed by atoms with Gasteiger partial charge in [-0.05, 0) is 35.9 Å². The molecule has 7 nitrogen and oxygen atoms in total. The standard InChI is InChI=1S/C19H17N3O4S/c23-19(21-17-5-4-12-22(24)14-17)16-10-8-15(9-11-16)13-20-27(25,26)18-6-2-1-3-7-18/h1-12,14,20H,13H2,(H,21,23). The summed E-state index contributed by atoms with van der Waals surface area (Å²) in [6.45, 7) is 0.105. The lowest BCUT2D eigenvalue weighted by Crippen LogP contribution is -2.25. The van der Waals surface area contributed by atoms with Crippen LogP contribution in [0.25, 0.3) is 0 Å². The number of carbonyl (C=O) groups excluding carboxylic acids is 1. The van der Waals surface area contributed by atoms with Gasteiger partial charge in [-0.1, -0.05) is 30.3 Å². The number of rotatable bonds is 6. The van der Waals surface area contributed by atoms with Crippen LogP contribution in [-0.2, 0) is 16.6 Å². The molecule has 2 aromatic carbocycles. The Hall–Kier alpha value is -3.23. The van der Waals surface area contributed by atoms with E-state index in [-0.39, 0.29) is 17.3 Å². The minimum absolute atomic E-state index is 0.105. The molecule has 2 N–H and O–H groups in total. The first-order valence-corrected chi connectivity index (χ1v) is 9.56. The molecule has 0 saturated heterocycles. The fourth-order valence-electron chi connectivity index (χ4n) is 2.37. The van der Waals surface area contributed by atoms with E-state index in [9.17, 15) is 18.4 Å². The second-order valence-electron chi connectivity index (χ2n) is 5.74. The van der Waals surface area contributed by atoms with Crippen LogP contribution < -0.4 is 14.8 Å². The Balaban J connectivity index is 1.62. The number of nitrogens with zero attached hydrogens (tertiary/aromatic N) is 1. The van der Waals surface area contributed by atoms with E-state index in [1.807, 2.05) is 0 Å². The lowest BCUT2D eigenvalue weighted by molar-refractivity contribution is -0.604. The molecule has 0 fully saturated rings. The average molecular weight is 383 g/mol. The minimum atomic E-state index is -3.59. The van der Waals surface area contributed by atoms with Crippen molar-refractivity contribution in [3.8, 4) is 0 Å². The van der Waals surface area contributed by atoms with E-state index in [0.29, 0.717) is 21.5 Å². The van der Waals surface area contributed by atoms with Crippen molar-refractivity contribution in [2.45, 2.75) is 11.4 Å². The predicted octanol–water partition coefficient (Wildman–Crippen LogP) is 2.05. The summed E-state index contributed by atoms with van der Waals surface area (Å²) in [5.74, 6) is -0.363. The van der Waals surface area contributed by atoms with Gasteiger partial charge >= 0.3 is 0 Å². The molecular weight excluding hydrogens is 366 g/mol. The highest BCUT2D eigenvalue weighted by Gasteiger charge is 2.13. The number of carbonyl (C=O) groups is 1. The van der Waals surface area contributed by atoms with Gasteiger partial charge in [-0.15, -0.1) is 0 Å². The van der Waals surface area contributed by atoms with Crippen molar-refractivity contribution in [1.82, 2.24) is 4.72 Å². The molecule has 0 aliphatic rings. The zero-order chi connectivity index (χ0) is 19.3. The first-order chi connectivity index (χ1) is 12.9. The molecule has 27 heavy (non-hydrogen) atoms. The Labute approximate surface area is 156 Å². The lowest BCUT2D eigenvalue weighted by atomic mass is 10.1. The molecule has 0 radical (unpaired) electrons. The van der Waals surface area contributed by atoms with Crippen LogP contribution in [0.3, 0.4) is 0 Å². The zero-order valence-corrected chi connectivity index (χ0v) is 15.0. The van der Waals surface area contributed by atoms with Crippen LogP contribution in [0.1, 0.15) is 15.9 Å². The second-order valence-corrected chi connectivity index (χ2v) is 7.51. The molecule has 1 aromatic heterocycles. The molecule has 0 aliphatic carbocycles. The smallest absolute Gasteiger partial charge is 0.255 e. The summed E-state index contributed by atoms with van der Waals surface area (Å²) in [6, 6.07) is 17.8. The van der Waals surface area contributed by atoms with Crippen molar-refractivity contribution in [3.05, 3.63) is 95.5 Å². The van der Waals surface area contributed by atoms with Crippen LogP contribution in [-0.4, -0.2) is 14.3 Å². The van der Waals surface area contributed by atoms with E-state index in [1.54, 1.807) is 48.5 Å². The average Bonchev–Trinajstić information content (AvgIpc) is 2.67. The van der Waals surface area contributed by atoms with E-state index < -0.39 is 10.0 Å². The molecule has 8 heteroatoms. The van der Waals surface area contributed by atoms with Crippen LogP contribution in [0.2, 0.25) is 0 Å². The van der Waals surface area contributed by atoms with Crippen molar-refractivity contribution >= 4 is 21.6 Å². The fraction of sp³-hybridized carbons (Fsp3) is 0.0526. The van der Waals surface area contributed by atoms with Gasteiger partial charge in [-0.25, -0.2) is 13.1 Å². The van der Waals surface area contributed by atoms with E-state index in [1.165, 1.54) is 30.6 Å². The van der Waals surface area contributed by atoms with Gasteiger partial charge in [0.15, 0.2) is 6.20 Å². The quantitative estimate of drug-likeness (QED) is 0.502. The summed E-state index contributed by atoms with van der Waals surface area (Å²) in [7, 11) is -3.59. The van der Waals surface area contributed by atoms with Gasteiger partial charge in [0.2, 0.25) is 16.2 Å². The SMILES string of the molecule is O=C(Nc1ccc[n+]([O-])c1)c1ccc(CNS(=O)(=O)c2ccccc2)cc1. The van der Waals surface area contributed by atoms with Gasteiger partial charge in [0.25, 0.3) is 5.91 Å². The van der Waals surface area contributed by atoms with Crippen molar-refractivity contribution in [3.63, 3.8) is 0 Å². The first-order valence-electron chi connectivity index (χ1n) is 8.08. The summed E-state index contributed by atoms with van der Waals surface area (Å²) >= 11 is 0. The van der Waals surface area contributed by atoms with Gasteiger partial charge in [-0.2, -0.15) is 4.73 Å². The minimum Gasteiger partial charge on any atom is -0.619 e. The van der Waals surface area contributed by atoms with Crippen molar-refractivity contribution in [1.29, 1.82) is 0 Å². The summed E-state index contributed by atoms with van der Waals surface area (Å²) in [4.78, 5) is 12.4. The molecule has 0 unspecified atom stereocenters. The zero-order valence-electron chi connectivity index (χ0n) is 14.2. The van der Waals surface area contributed by atoms with E-state index >= 15 is 0 Å². The first kappa shape index (κ1) is 18.6. The third kappa shape index (κ3) is 4.90.